The lowest BCUT2D eigenvalue weighted by molar-refractivity contribution is 1.27. The maximum atomic E-state index is 2.33. The van der Waals surface area contributed by atoms with Crippen molar-refractivity contribution in [1.82, 2.24) is 0 Å². The number of nitrogens with zero attached hydrogens (tertiary/aromatic N) is 1. The molecule has 5 aromatic rings. The molecule has 0 aliphatic carbocycles. The molecule has 164 valence electrons. The zero-order chi connectivity index (χ0) is 22.9. The van der Waals surface area contributed by atoms with Crippen molar-refractivity contribution in [3.63, 3.8) is 0 Å². The van der Waals surface area contributed by atoms with Crippen LogP contribution in [0.1, 0.15) is 22.3 Å². The lowest BCUT2D eigenvalue weighted by atomic mass is 10.1. The first-order chi connectivity index (χ1) is 16.0. The maximum Gasteiger partial charge on any atom is 0.0472 e. The fourth-order valence-electron chi connectivity index (χ4n) is 4.10. The SMILES string of the molecule is Cc1ccc(N(c2ccc(C)cc2)c2ccc(-c3sc(-c4sccc4C)cc3C)cc2)cc1. The van der Waals surface area contributed by atoms with Crippen molar-refractivity contribution >= 4 is 39.7 Å². The fourth-order valence-corrected chi connectivity index (χ4v) is 6.39. The van der Waals surface area contributed by atoms with E-state index < -0.39 is 0 Å². The van der Waals surface area contributed by atoms with E-state index in [1.54, 1.807) is 0 Å². The fraction of sp³-hybridized carbons (Fsp3) is 0.133. The minimum Gasteiger partial charge on any atom is -0.311 e. The van der Waals surface area contributed by atoms with Gasteiger partial charge < -0.3 is 4.90 Å². The van der Waals surface area contributed by atoms with Crippen LogP contribution in [0.3, 0.4) is 0 Å². The third-order valence-corrected chi connectivity index (χ3v) is 8.46. The first-order valence-electron chi connectivity index (χ1n) is 11.2. The van der Waals surface area contributed by atoms with Crippen molar-refractivity contribution in [2.45, 2.75) is 27.7 Å². The molecular formula is C30H27NS2. The summed E-state index contributed by atoms with van der Waals surface area (Å²) in [5.41, 5.74) is 10.00. The Morgan fingerprint density at radius 1 is 0.545 bits per heavy atom. The van der Waals surface area contributed by atoms with Gasteiger partial charge in [-0.3, -0.25) is 0 Å². The molecule has 0 unspecified atom stereocenters. The molecule has 0 aliphatic heterocycles. The summed E-state index contributed by atoms with van der Waals surface area (Å²) in [5.74, 6) is 0. The first-order valence-corrected chi connectivity index (χ1v) is 12.9. The van der Waals surface area contributed by atoms with Gasteiger partial charge in [-0.15, -0.1) is 22.7 Å². The van der Waals surface area contributed by atoms with Crippen LogP contribution in [0, 0.1) is 27.7 Å². The molecule has 0 N–H and O–H groups in total. The number of thiophene rings is 2. The summed E-state index contributed by atoms with van der Waals surface area (Å²) in [4.78, 5) is 6.42. The molecule has 3 aromatic carbocycles. The molecule has 1 nitrogen and oxygen atoms in total. The van der Waals surface area contributed by atoms with Crippen LogP contribution >= 0.6 is 22.7 Å². The molecule has 3 heteroatoms. The highest BCUT2D eigenvalue weighted by molar-refractivity contribution is 7.23. The Morgan fingerprint density at radius 3 is 1.55 bits per heavy atom. The second kappa shape index (κ2) is 9.01. The van der Waals surface area contributed by atoms with Gasteiger partial charge in [0.2, 0.25) is 0 Å². The number of hydrogen-bond acceptors (Lipinski definition) is 3. The highest BCUT2D eigenvalue weighted by atomic mass is 32.1. The Bertz CT molecular complexity index is 1330. The van der Waals surface area contributed by atoms with E-state index in [1.165, 1.54) is 53.8 Å². The largest absolute Gasteiger partial charge is 0.311 e. The van der Waals surface area contributed by atoms with Gasteiger partial charge in [-0.2, -0.15) is 0 Å². The van der Waals surface area contributed by atoms with Gasteiger partial charge in [-0.25, -0.2) is 0 Å². The van der Waals surface area contributed by atoms with Gasteiger partial charge in [0.25, 0.3) is 0 Å². The van der Waals surface area contributed by atoms with E-state index in [9.17, 15) is 0 Å². The number of hydrogen-bond donors (Lipinski definition) is 0. The van der Waals surface area contributed by atoms with Crippen molar-refractivity contribution in [3.05, 3.63) is 113 Å². The normalized spacial score (nSPS) is 11.0. The lowest BCUT2D eigenvalue weighted by Crippen LogP contribution is -2.09. The van der Waals surface area contributed by atoms with Crippen LogP contribution < -0.4 is 4.90 Å². The van der Waals surface area contributed by atoms with Crippen LogP contribution in [0.15, 0.2) is 90.3 Å². The van der Waals surface area contributed by atoms with Crippen LogP contribution in [0.2, 0.25) is 0 Å². The molecule has 0 spiro atoms. The van der Waals surface area contributed by atoms with E-state index >= 15 is 0 Å². The van der Waals surface area contributed by atoms with E-state index in [4.69, 9.17) is 0 Å². The van der Waals surface area contributed by atoms with Crippen LogP contribution in [-0.4, -0.2) is 0 Å². The first kappa shape index (κ1) is 21.7. The van der Waals surface area contributed by atoms with Crippen molar-refractivity contribution in [2.24, 2.45) is 0 Å². The van der Waals surface area contributed by atoms with Crippen molar-refractivity contribution in [3.8, 4) is 20.2 Å². The molecule has 33 heavy (non-hydrogen) atoms. The molecule has 0 bridgehead atoms. The van der Waals surface area contributed by atoms with E-state index in [2.05, 4.69) is 123 Å². The molecular weight excluding hydrogens is 438 g/mol. The molecule has 0 fully saturated rings. The molecule has 2 aromatic heterocycles. The Morgan fingerprint density at radius 2 is 1.06 bits per heavy atom. The third-order valence-electron chi connectivity index (χ3n) is 5.98. The van der Waals surface area contributed by atoms with E-state index in [0.717, 1.165) is 5.69 Å². The van der Waals surface area contributed by atoms with Crippen molar-refractivity contribution in [1.29, 1.82) is 0 Å². The van der Waals surface area contributed by atoms with Gasteiger partial charge in [0.15, 0.2) is 0 Å². The number of rotatable bonds is 5. The predicted molar refractivity (Wildman–Crippen MR) is 147 cm³/mol. The number of anilines is 3. The molecule has 0 radical (unpaired) electrons. The smallest absolute Gasteiger partial charge is 0.0472 e. The topological polar surface area (TPSA) is 3.24 Å². The second-order valence-corrected chi connectivity index (χ2v) is 10.6. The van der Waals surface area contributed by atoms with Gasteiger partial charge in [0.05, 0.1) is 0 Å². The van der Waals surface area contributed by atoms with E-state index in [0.29, 0.717) is 0 Å². The minimum absolute atomic E-state index is 1.16. The summed E-state index contributed by atoms with van der Waals surface area (Å²) < 4.78 is 0. The highest BCUT2D eigenvalue weighted by Gasteiger charge is 2.15. The molecule has 5 rings (SSSR count). The molecule has 0 saturated carbocycles. The van der Waals surface area contributed by atoms with Crippen LogP contribution in [0.5, 0.6) is 0 Å². The average Bonchev–Trinajstić information content (AvgIpc) is 3.42. The number of benzene rings is 3. The maximum absolute atomic E-state index is 2.33. The van der Waals surface area contributed by atoms with Gasteiger partial charge in [-0.1, -0.05) is 47.5 Å². The van der Waals surface area contributed by atoms with Crippen LogP contribution in [0.4, 0.5) is 17.1 Å². The molecule has 0 saturated heterocycles. The third kappa shape index (κ3) is 4.39. The van der Waals surface area contributed by atoms with Crippen LogP contribution in [0.25, 0.3) is 20.2 Å². The predicted octanol–water partition coefficient (Wildman–Crippen LogP) is 9.85. The zero-order valence-electron chi connectivity index (χ0n) is 19.4. The highest BCUT2D eigenvalue weighted by Crippen LogP contribution is 2.42. The summed E-state index contributed by atoms with van der Waals surface area (Å²) in [6.07, 6.45) is 0. The molecule has 0 amide bonds. The summed E-state index contributed by atoms with van der Waals surface area (Å²) >= 11 is 3.72. The molecule has 0 atom stereocenters. The summed E-state index contributed by atoms with van der Waals surface area (Å²) in [7, 11) is 0. The van der Waals surface area contributed by atoms with Crippen molar-refractivity contribution in [2.75, 3.05) is 4.90 Å². The monoisotopic (exact) mass is 465 g/mol. The summed E-state index contributed by atoms with van der Waals surface area (Å²) in [6.45, 7) is 8.67. The summed E-state index contributed by atoms with van der Waals surface area (Å²) in [6, 6.07) is 31.0. The Kier molecular flexibility index (Phi) is 5.92. The van der Waals surface area contributed by atoms with Crippen LogP contribution in [-0.2, 0) is 0 Å². The van der Waals surface area contributed by atoms with Gasteiger partial charge in [0.1, 0.15) is 0 Å². The average molecular weight is 466 g/mol. The Labute approximate surface area is 204 Å². The van der Waals surface area contributed by atoms with Gasteiger partial charge in [0, 0.05) is 31.7 Å². The van der Waals surface area contributed by atoms with E-state index in [-0.39, 0.29) is 0 Å². The molecule has 2 heterocycles. The summed E-state index contributed by atoms with van der Waals surface area (Å²) in [5, 5.41) is 2.18. The van der Waals surface area contributed by atoms with Gasteiger partial charge >= 0.3 is 0 Å². The Hall–Kier alpha value is -3.14. The lowest BCUT2D eigenvalue weighted by Gasteiger charge is -2.26. The van der Waals surface area contributed by atoms with Gasteiger partial charge in [-0.05, 0) is 98.3 Å². The quantitative estimate of drug-likeness (QED) is 0.250. The standard InChI is InChI=1S/C30H27NS2/c1-20-5-11-25(12-6-20)31(26-13-7-21(2)8-14-26)27-15-9-24(10-16-27)29-23(4)19-28(33-29)30-22(3)17-18-32-30/h5-19H,1-4H3. The molecule has 0 aliphatic rings. The zero-order valence-corrected chi connectivity index (χ0v) is 21.1. The van der Waals surface area contributed by atoms with E-state index in [1.807, 2.05) is 22.7 Å². The second-order valence-electron chi connectivity index (χ2n) is 8.61. The Balaban J connectivity index is 1.52. The number of aryl methyl sites for hydroxylation is 4. The van der Waals surface area contributed by atoms with Crippen molar-refractivity contribution < 1.29 is 0 Å². The minimum atomic E-state index is 1.16.